The summed E-state index contributed by atoms with van der Waals surface area (Å²) in [6.07, 6.45) is 0.355. The Morgan fingerprint density at radius 2 is 1.77 bits per heavy atom. The Balaban J connectivity index is 1.65. The van der Waals surface area contributed by atoms with Crippen molar-refractivity contribution in [2.75, 3.05) is 5.32 Å². The molecule has 1 N–H and O–H groups in total. The fourth-order valence-electron chi connectivity index (χ4n) is 3.51. The van der Waals surface area contributed by atoms with Crippen LogP contribution in [0.25, 0.3) is 21.8 Å². The normalized spacial score (nSPS) is 11.2. The SMILES string of the molecule is CCn1c2ccccc2c2cc(NC(=O)Cc3cccc(Br)c3)ccc21. The van der Waals surface area contributed by atoms with Gasteiger partial charge in [0.15, 0.2) is 0 Å². The van der Waals surface area contributed by atoms with Crippen molar-refractivity contribution < 1.29 is 4.79 Å². The molecule has 0 aliphatic rings. The first kappa shape index (κ1) is 16.9. The number of para-hydroxylation sites is 1. The van der Waals surface area contributed by atoms with Crippen molar-refractivity contribution in [1.82, 2.24) is 4.57 Å². The van der Waals surface area contributed by atoms with Crippen LogP contribution in [-0.2, 0) is 17.8 Å². The summed E-state index contributed by atoms with van der Waals surface area (Å²) in [7, 11) is 0. The van der Waals surface area contributed by atoms with E-state index in [-0.39, 0.29) is 5.91 Å². The van der Waals surface area contributed by atoms with Crippen LogP contribution in [-0.4, -0.2) is 10.5 Å². The topological polar surface area (TPSA) is 34.0 Å². The molecular formula is C22H19BrN2O. The summed E-state index contributed by atoms with van der Waals surface area (Å²) >= 11 is 3.44. The van der Waals surface area contributed by atoms with E-state index in [1.54, 1.807) is 0 Å². The lowest BCUT2D eigenvalue weighted by Crippen LogP contribution is -2.14. The smallest absolute Gasteiger partial charge is 0.228 e. The fraction of sp³-hybridized carbons (Fsp3) is 0.136. The van der Waals surface area contributed by atoms with Crippen LogP contribution in [0, 0.1) is 0 Å². The summed E-state index contributed by atoms with van der Waals surface area (Å²) < 4.78 is 3.29. The average Bonchev–Trinajstić information content (AvgIpc) is 2.95. The van der Waals surface area contributed by atoms with Crippen LogP contribution < -0.4 is 5.32 Å². The van der Waals surface area contributed by atoms with Crippen molar-refractivity contribution in [3.63, 3.8) is 0 Å². The highest BCUT2D eigenvalue weighted by Crippen LogP contribution is 2.31. The molecule has 0 aliphatic carbocycles. The summed E-state index contributed by atoms with van der Waals surface area (Å²) in [4.78, 5) is 12.4. The Labute approximate surface area is 160 Å². The molecule has 0 fully saturated rings. The summed E-state index contributed by atoms with van der Waals surface area (Å²) in [5.74, 6) is -0.0123. The summed E-state index contributed by atoms with van der Waals surface area (Å²) in [6, 6.07) is 22.4. The molecule has 4 heteroatoms. The van der Waals surface area contributed by atoms with Gasteiger partial charge in [0.1, 0.15) is 0 Å². The molecule has 0 spiro atoms. The number of carbonyl (C=O) groups excluding carboxylic acids is 1. The minimum Gasteiger partial charge on any atom is -0.341 e. The standard InChI is InChI=1S/C22H19BrN2O/c1-2-25-20-9-4-3-8-18(20)19-14-17(10-11-21(19)25)24-22(26)13-15-6-5-7-16(23)12-15/h3-12,14H,2,13H2,1H3,(H,24,26). The lowest BCUT2D eigenvalue weighted by Gasteiger charge is -2.07. The highest BCUT2D eigenvalue weighted by Gasteiger charge is 2.11. The molecule has 0 saturated heterocycles. The number of hydrogen-bond acceptors (Lipinski definition) is 1. The van der Waals surface area contributed by atoms with Gasteiger partial charge in [0.05, 0.1) is 6.42 Å². The summed E-state index contributed by atoms with van der Waals surface area (Å²) in [6.45, 7) is 3.07. The summed E-state index contributed by atoms with van der Waals surface area (Å²) in [5.41, 5.74) is 4.23. The number of hydrogen-bond donors (Lipinski definition) is 1. The van der Waals surface area contributed by atoms with E-state index in [1.165, 1.54) is 21.8 Å². The van der Waals surface area contributed by atoms with Crippen molar-refractivity contribution in [2.24, 2.45) is 0 Å². The van der Waals surface area contributed by atoms with Crippen LogP contribution in [0.15, 0.2) is 71.2 Å². The second kappa shape index (κ2) is 6.96. The average molecular weight is 407 g/mol. The number of benzene rings is 3. The van der Waals surface area contributed by atoms with Gasteiger partial charge in [-0.25, -0.2) is 0 Å². The molecule has 3 aromatic carbocycles. The Kier molecular flexibility index (Phi) is 4.51. The Morgan fingerprint density at radius 3 is 2.58 bits per heavy atom. The van der Waals surface area contributed by atoms with E-state index >= 15 is 0 Å². The van der Waals surface area contributed by atoms with E-state index < -0.39 is 0 Å². The third kappa shape index (κ3) is 3.13. The number of nitrogens with zero attached hydrogens (tertiary/aromatic N) is 1. The van der Waals surface area contributed by atoms with Crippen molar-refractivity contribution in [2.45, 2.75) is 19.9 Å². The Bertz CT molecular complexity index is 1110. The molecule has 0 radical (unpaired) electrons. The third-order valence-electron chi connectivity index (χ3n) is 4.63. The van der Waals surface area contributed by atoms with E-state index in [1.807, 2.05) is 30.3 Å². The zero-order valence-corrected chi connectivity index (χ0v) is 16.1. The number of carbonyl (C=O) groups is 1. The van der Waals surface area contributed by atoms with Crippen molar-refractivity contribution >= 4 is 49.3 Å². The predicted octanol–water partition coefficient (Wildman–Crippen LogP) is 5.76. The van der Waals surface area contributed by atoms with Crippen molar-refractivity contribution in [3.05, 3.63) is 76.8 Å². The number of aromatic nitrogens is 1. The Hall–Kier alpha value is -2.59. The molecule has 0 saturated carbocycles. The number of fused-ring (bicyclic) bond motifs is 3. The van der Waals surface area contributed by atoms with Gasteiger partial charge in [-0.1, -0.05) is 46.3 Å². The highest BCUT2D eigenvalue weighted by molar-refractivity contribution is 9.10. The quantitative estimate of drug-likeness (QED) is 0.459. The Morgan fingerprint density at radius 1 is 0.962 bits per heavy atom. The lowest BCUT2D eigenvalue weighted by molar-refractivity contribution is -0.115. The van der Waals surface area contributed by atoms with Gasteiger partial charge in [-0.15, -0.1) is 0 Å². The number of nitrogens with one attached hydrogen (secondary N) is 1. The van der Waals surface area contributed by atoms with E-state index in [4.69, 9.17) is 0 Å². The van der Waals surface area contributed by atoms with E-state index in [2.05, 4.69) is 69.1 Å². The zero-order chi connectivity index (χ0) is 18.1. The number of anilines is 1. The number of amides is 1. The van der Waals surface area contributed by atoms with Gasteiger partial charge in [-0.3, -0.25) is 4.79 Å². The van der Waals surface area contributed by atoms with Crippen LogP contribution in [0.1, 0.15) is 12.5 Å². The highest BCUT2D eigenvalue weighted by atomic mass is 79.9. The van der Waals surface area contributed by atoms with Crippen LogP contribution in [0.4, 0.5) is 5.69 Å². The molecule has 1 amide bonds. The fourth-order valence-corrected chi connectivity index (χ4v) is 3.96. The van der Waals surface area contributed by atoms with Gasteiger partial charge in [0.2, 0.25) is 5.91 Å². The number of halogens is 1. The largest absolute Gasteiger partial charge is 0.341 e. The van der Waals surface area contributed by atoms with Crippen LogP contribution in [0.2, 0.25) is 0 Å². The molecule has 4 aromatic rings. The molecule has 0 unspecified atom stereocenters. The first-order valence-electron chi connectivity index (χ1n) is 8.71. The minimum absolute atomic E-state index is 0.0123. The van der Waals surface area contributed by atoms with Gasteiger partial charge in [-0.05, 0) is 48.9 Å². The first-order valence-corrected chi connectivity index (χ1v) is 9.50. The first-order chi connectivity index (χ1) is 12.7. The molecule has 0 atom stereocenters. The van der Waals surface area contributed by atoms with Crippen molar-refractivity contribution in [3.8, 4) is 0 Å². The van der Waals surface area contributed by atoms with Crippen LogP contribution in [0.5, 0.6) is 0 Å². The summed E-state index contributed by atoms with van der Waals surface area (Å²) in [5, 5.41) is 5.41. The van der Waals surface area contributed by atoms with E-state index in [0.29, 0.717) is 6.42 Å². The molecule has 130 valence electrons. The predicted molar refractivity (Wildman–Crippen MR) is 112 cm³/mol. The van der Waals surface area contributed by atoms with Gasteiger partial charge in [0, 0.05) is 38.5 Å². The molecule has 4 rings (SSSR count). The maximum Gasteiger partial charge on any atom is 0.228 e. The molecular weight excluding hydrogens is 388 g/mol. The molecule has 26 heavy (non-hydrogen) atoms. The second-order valence-corrected chi connectivity index (χ2v) is 7.26. The molecule has 0 aliphatic heterocycles. The van der Waals surface area contributed by atoms with Gasteiger partial charge in [-0.2, -0.15) is 0 Å². The lowest BCUT2D eigenvalue weighted by atomic mass is 10.1. The molecule has 0 bridgehead atoms. The maximum absolute atomic E-state index is 12.4. The van der Waals surface area contributed by atoms with Gasteiger partial charge < -0.3 is 9.88 Å². The second-order valence-electron chi connectivity index (χ2n) is 6.35. The minimum atomic E-state index is -0.0123. The van der Waals surface area contributed by atoms with Gasteiger partial charge >= 0.3 is 0 Å². The monoisotopic (exact) mass is 406 g/mol. The van der Waals surface area contributed by atoms with Crippen LogP contribution >= 0.6 is 15.9 Å². The number of rotatable bonds is 4. The zero-order valence-electron chi connectivity index (χ0n) is 14.5. The molecule has 1 heterocycles. The van der Waals surface area contributed by atoms with Crippen LogP contribution in [0.3, 0.4) is 0 Å². The third-order valence-corrected chi connectivity index (χ3v) is 5.12. The molecule has 3 nitrogen and oxygen atoms in total. The van der Waals surface area contributed by atoms with E-state index in [0.717, 1.165) is 22.3 Å². The maximum atomic E-state index is 12.4. The van der Waals surface area contributed by atoms with Crippen molar-refractivity contribution in [1.29, 1.82) is 0 Å². The van der Waals surface area contributed by atoms with E-state index in [9.17, 15) is 4.79 Å². The molecule has 1 aromatic heterocycles. The number of aryl methyl sites for hydroxylation is 1. The van der Waals surface area contributed by atoms with Gasteiger partial charge in [0.25, 0.3) is 0 Å².